The lowest BCUT2D eigenvalue weighted by Crippen LogP contribution is -2.38. The van der Waals surface area contributed by atoms with E-state index in [0.717, 1.165) is 35.3 Å². The van der Waals surface area contributed by atoms with Gasteiger partial charge in [0.25, 0.3) is 0 Å². The molecule has 2 N–H and O–H groups in total. The Hall–Kier alpha value is -1.74. The zero-order chi connectivity index (χ0) is 17.6. The minimum atomic E-state index is 0. The van der Waals surface area contributed by atoms with Crippen molar-refractivity contribution in [2.45, 2.75) is 26.8 Å². The molecule has 7 heteroatoms. The molecule has 2 aromatic heterocycles. The number of nitrogens with one attached hydrogen (secondary N) is 2. The lowest BCUT2D eigenvalue weighted by Gasteiger charge is -2.12. The molecule has 0 fully saturated rings. The van der Waals surface area contributed by atoms with Crippen molar-refractivity contribution in [3.63, 3.8) is 0 Å². The molecule has 0 bridgehead atoms. The molecule has 0 radical (unpaired) electrons. The highest BCUT2D eigenvalue weighted by atomic mass is 127. The van der Waals surface area contributed by atoms with Crippen LogP contribution in [-0.2, 0) is 13.0 Å². The number of rotatable bonds is 5. The zero-order valence-electron chi connectivity index (χ0n) is 15.2. The van der Waals surface area contributed by atoms with E-state index in [2.05, 4.69) is 51.6 Å². The predicted molar refractivity (Wildman–Crippen MR) is 121 cm³/mol. The number of aryl methyl sites for hydroxylation is 2. The lowest BCUT2D eigenvalue weighted by atomic mass is 10.1. The first kappa shape index (κ1) is 20.6. The third-order valence-corrected chi connectivity index (χ3v) is 5.24. The third-order valence-electron chi connectivity index (χ3n) is 4.11. The van der Waals surface area contributed by atoms with E-state index in [1.54, 1.807) is 18.4 Å². The fourth-order valence-electron chi connectivity index (χ4n) is 2.65. The largest absolute Gasteiger partial charge is 0.356 e. The molecule has 0 aliphatic rings. The number of fused-ring (bicyclic) bond motifs is 1. The predicted octanol–water partition coefficient (Wildman–Crippen LogP) is 3.83. The second-order valence-corrected chi connectivity index (χ2v) is 7.12. The number of thiazole rings is 1. The van der Waals surface area contributed by atoms with Crippen LogP contribution in [0.3, 0.4) is 0 Å². The monoisotopic (exact) mass is 481 g/mol. The molecule has 138 valence electrons. The summed E-state index contributed by atoms with van der Waals surface area (Å²) in [5, 5.41) is 10.2. The Morgan fingerprint density at radius 2 is 1.96 bits per heavy atom. The number of benzene rings is 1. The molecule has 3 aromatic rings. The molecule has 0 saturated heterocycles. The summed E-state index contributed by atoms with van der Waals surface area (Å²) in [7, 11) is 1.78. The summed E-state index contributed by atoms with van der Waals surface area (Å²) in [4.78, 5) is 14.6. The van der Waals surface area contributed by atoms with Gasteiger partial charge in [-0.05, 0) is 25.3 Å². The molecule has 0 aliphatic carbocycles. The fourth-order valence-corrected chi connectivity index (χ4v) is 3.58. The van der Waals surface area contributed by atoms with Crippen LogP contribution in [0.1, 0.15) is 21.3 Å². The summed E-state index contributed by atoms with van der Waals surface area (Å²) in [6.45, 7) is 5.60. The van der Waals surface area contributed by atoms with Crippen LogP contribution < -0.4 is 10.6 Å². The van der Waals surface area contributed by atoms with Gasteiger partial charge in [0, 0.05) is 36.5 Å². The van der Waals surface area contributed by atoms with Crippen LogP contribution in [0.4, 0.5) is 0 Å². The van der Waals surface area contributed by atoms with Gasteiger partial charge in [0.2, 0.25) is 0 Å². The number of aromatic nitrogens is 2. The first-order valence-corrected chi connectivity index (χ1v) is 9.19. The van der Waals surface area contributed by atoms with Crippen LogP contribution in [0.15, 0.2) is 41.5 Å². The maximum atomic E-state index is 4.57. The number of hydrogen-bond donors (Lipinski definition) is 2. The van der Waals surface area contributed by atoms with Crippen molar-refractivity contribution >= 4 is 52.0 Å². The first-order chi connectivity index (χ1) is 12.2. The second kappa shape index (κ2) is 9.82. The van der Waals surface area contributed by atoms with E-state index in [1.807, 2.05) is 24.4 Å². The first-order valence-electron chi connectivity index (χ1n) is 8.37. The van der Waals surface area contributed by atoms with Crippen LogP contribution in [0.5, 0.6) is 0 Å². The number of pyridine rings is 1. The number of nitrogens with zero attached hydrogens (tertiary/aromatic N) is 3. The third kappa shape index (κ3) is 5.14. The molecule has 0 saturated carbocycles. The molecule has 3 rings (SSSR count). The molecule has 5 nitrogen and oxygen atoms in total. The molecule has 0 spiro atoms. The molecule has 0 unspecified atom stereocenters. The van der Waals surface area contributed by atoms with Gasteiger partial charge in [0.1, 0.15) is 0 Å². The van der Waals surface area contributed by atoms with E-state index in [1.165, 1.54) is 15.6 Å². The van der Waals surface area contributed by atoms with Crippen molar-refractivity contribution < 1.29 is 0 Å². The molecule has 26 heavy (non-hydrogen) atoms. The Balaban J connectivity index is 0.00000243. The van der Waals surface area contributed by atoms with E-state index in [0.29, 0.717) is 6.54 Å². The van der Waals surface area contributed by atoms with E-state index >= 15 is 0 Å². The SMILES string of the molecule is CN=C(NCCc1nc(C)c(C)s1)NCc1nccc2ccccc12.I. The lowest BCUT2D eigenvalue weighted by molar-refractivity contribution is 0.784. The summed E-state index contributed by atoms with van der Waals surface area (Å²) >= 11 is 1.76. The number of aliphatic imine (C=N–C) groups is 1. The normalized spacial score (nSPS) is 11.3. The van der Waals surface area contributed by atoms with E-state index in [9.17, 15) is 0 Å². The molecule has 0 aliphatic heterocycles. The smallest absolute Gasteiger partial charge is 0.191 e. The van der Waals surface area contributed by atoms with Gasteiger partial charge in [-0.25, -0.2) is 4.98 Å². The van der Waals surface area contributed by atoms with Gasteiger partial charge in [-0.15, -0.1) is 35.3 Å². The Bertz CT molecular complexity index is 866. The van der Waals surface area contributed by atoms with E-state index in [4.69, 9.17) is 0 Å². The van der Waals surface area contributed by atoms with Crippen LogP contribution in [0.25, 0.3) is 10.8 Å². The molecule has 2 heterocycles. The minimum absolute atomic E-state index is 0. The minimum Gasteiger partial charge on any atom is -0.356 e. The maximum absolute atomic E-state index is 4.57. The van der Waals surface area contributed by atoms with Crippen molar-refractivity contribution in [2.75, 3.05) is 13.6 Å². The number of guanidine groups is 1. The summed E-state index contributed by atoms with van der Waals surface area (Å²) in [6, 6.07) is 10.3. The average molecular weight is 481 g/mol. The number of halogens is 1. The van der Waals surface area contributed by atoms with Gasteiger partial charge in [-0.1, -0.05) is 24.3 Å². The Morgan fingerprint density at radius 3 is 2.69 bits per heavy atom. The maximum Gasteiger partial charge on any atom is 0.191 e. The Kier molecular flexibility index (Phi) is 7.77. The van der Waals surface area contributed by atoms with Crippen LogP contribution >= 0.6 is 35.3 Å². The zero-order valence-corrected chi connectivity index (χ0v) is 18.4. The van der Waals surface area contributed by atoms with Crippen molar-refractivity contribution in [3.8, 4) is 0 Å². The van der Waals surface area contributed by atoms with Gasteiger partial charge in [0.05, 0.1) is 22.9 Å². The Labute approximate surface area is 175 Å². The highest BCUT2D eigenvalue weighted by Gasteiger charge is 2.06. The van der Waals surface area contributed by atoms with Crippen LogP contribution in [0.2, 0.25) is 0 Å². The van der Waals surface area contributed by atoms with Gasteiger partial charge in [-0.3, -0.25) is 9.98 Å². The van der Waals surface area contributed by atoms with Gasteiger partial charge >= 0.3 is 0 Å². The molecular weight excluding hydrogens is 457 g/mol. The number of hydrogen-bond acceptors (Lipinski definition) is 4. The van der Waals surface area contributed by atoms with E-state index in [-0.39, 0.29) is 24.0 Å². The highest BCUT2D eigenvalue weighted by Crippen LogP contribution is 2.17. The van der Waals surface area contributed by atoms with Crippen molar-refractivity contribution in [3.05, 3.63) is 57.8 Å². The van der Waals surface area contributed by atoms with Crippen LogP contribution in [0, 0.1) is 13.8 Å². The van der Waals surface area contributed by atoms with Crippen molar-refractivity contribution in [1.29, 1.82) is 0 Å². The van der Waals surface area contributed by atoms with Crippen LogP contribution in [-0.4, -0.2) is 29.5 Å². The molecule has 0 amide bonds. The van der Waals surface area contributed by atoms with E-state index < -0.39 is 0 Å². The molecule has 0 atom stereocenters. The molecular formula is C19H24IN5S. The summed E-state index contributed by atoms with van der Waals surface area (Å²) < 4.78 is 0. The highest BCUT2D eigenvalue weighted by molar-refractivity contribution is 14.0. The quantitative estimate of drug-likeness (QED) is 0.331. The van der Waals surface area contributed by atoms with Crippen molar-refractivity contribution in [1.82, 2.24) is 20.6 Å². The Morgan fingerprint density at radius 1 is 1.15 bits per heavy atom. The summed E-state index contributed by atoms with van der Waals surface area (Å²) in [5.74, 6) is 0.778. The van der Waals surface area contributed by atoms with Gasteiger partial charge < -0.3 is 10.6 Å². The topological polar surface area (TPSA) is 62.2 Å². The van der Waals surface area contributed by atoms with Crippen molar-refractivity contribution in [2.24, 2.45) is 4.99 Å². The second-order valence-electron chi connectivity index (χ2n) is 5.83. The van der Waals surface area contributed by atoms with Gasteiger partial charge in [-0.2, -0.15) is 0 Å². The summed E-state index contributed by atoms with van der Waals surface area (Å²) in [5.41, 5.74) is 2.15. The fraction of sp³-hybridized carbons (Fsp3) is 0.316. The summed E-state index contributed by atoms with van der Waals surface area (Å²) in [6.07, 6.45) is 2.75. The standard InChI is InChI=1S/C19H23N5S.HI/c1-13-14(2)25-18(24-13)9-11-22-19(20-3)23-12-17-16-7-5-4-6-15(16)8-10-21-17;/h4-8,10H,9,11-12H2,1-3H3,(H2,20,22,23);1H. The average Bonchev–Trinajstić information content (AvgIpc) is 2.95. The molecule has 1 aromatic carbocycles. The van der Waals surface area contributed by atoms with Gasteiger partial charge in [0.15, 0.2) is 5.96 Å².